The average Bonchev–Trinajstić information content (AvgIpc) is 3.57. The summed E-state index contributed by atoms with van der Waals surface area (Å²) in [6, 6.07) is 8.54. The normalized spacial score (nSPS) is 20.4. The minimum Gasteiger partial charge on any atom is -0.485 e. The zero-order chi connectivity index (χ0) is 22.3. The van der Waals surface area contributed by atoms with E-state index in [2.05, 4.69) is 4.72 Å². The van der Waals surface area contributed by atoms with E-state index in [1.54, 1.807) is 0 Å². The van der Waals surface area contributed by atoms with Crippen molar-refractivity contribution in [2.45, 2.75) is 48.7 Å². The molecule has 0 amide bonds. The number of nitrogens with zero attached hydrogens (tertiary/aromatic N) is 1. The molecule has 4 rings (SSSR count). The summed E-state index contributed by atoms with van der Waals surface area (Å²) >= 11 is 6.09. The number of aliphatic hydroxyl groups is 1. The Morgan fingerprint density at radius 3 is 2.48 bits per heavy atom. The largest absolute Gasteiger partial charge is 0.485 e. The number of carboxylic acid groups (broad SMARTS) is 1. The molecule has 0 aromatic heterocycles. The highest BCUT2D eigenvalue weighted by Crippen LogP contribution is 2.44. The quantitative estimate of drug-likeness (QED) is 0.572. The van der Waals surface area contributed by atoms with Gasteiger partial charge in [0.1, 0.15) is 17.9 Å². The Balaban J connectivity index is 1.75. The first-order valence-corrected chi connectivity index (χ1v) is 11.5. The van der Waals surface area contributed by atoms with Crippen molar-refractivity contribution in [2.75, 3.05) is 4.72 Å². The number of hydrogen-bond donors (Lipinski definition) is 3. The van der Waals surface area contributed by atoms with Gasteiger partial charge >= 0.3 is 5.97 Å². The summed E-state index contributed by atoms with van der Waals surface area (Å²) < 4.78 is 34.7. The van der Waals surface area contributed by atoms with Crippen molar-refractivity contribution in [3.63, 3.8) is 0 Å². The second kappa shape index (κ2) is 8.04. The maximum absolute atomic E-state index is 13.3. The third kappa shape index (κ3) is 4.32. The number of nitriles is 1. The van der Waals surface area contributed by atoms with Crippen molar-refractivity contribution < 1.29 is 28.2 Å². The zero-order valence-corrected chi connectivity index (χ0v) is 17.8. The summed E-state index contributed by atoms with van der Waals surface area (Å²) in [7, 11) is -4.21. The van der Waals surface area contributed by atoms with Crippen molar-refractivity contribution in [1.29, 1.82) is 5.26 Å². The molecular formula is C21H19ClN2O6S. The van der Waals surface area contributed by atoms with Gasteiger partial charge < -0.3 is 14.9 Å². The summed E-state index contributed by atoms with van der Waals surface area (Å²) in [5, 5.41) is 28.5. The van der Waals surface area contributed by atoms with Gasteiger partial charge in [-0.3, -0.25) is 4.72 Å². The number of carbonyl (C=O) groups is 1. The first kappa shape index (κ1) is 21.4. The molecule has 8 nitrogen and oxygen atoms in total. The molecule has 2 aliphatic carbocycles. The highest BCUT2D eigenvalue weighted by Gasteiger charge is 2.34. The van der Waals surface area contributed by atoms with E-state index < -0.39 is 28.2 Å². The Hall–Kier alpha value is -2.80. The third-order valence-electron chi connectivity index (χ3n) is 5.46. The van der Waals surface area contributed by atoms with Gasteiger partial charge in [-0.15, -0.1) is 0 Å². The van der Waals surface area contributed by atoms with Crippen LogP contribution in [0.2, 0.25) is 5.02 Å². The fraction of sp³-hybridized carbons (Fsp3) is 0.333. The number of rotatable bonds is 7. The maximum atomic E-state index is 13.3. The van der Waals surface area contributed by atoms with Crippen LogP contribution in [0.4, 0.5) is 5.69 Å². The van der Waals surface area contributed by atoms with E-state index in [9.17, 15) is 28.7 Å². The summed E-state index contributed by atoms with van der Waals surface area (Å²) in [5.41, 5.74) is 0.432. The zero-order valence-electron chi connectivity index (χ0n) is 16.2. The Labute approximate surface area is 184 Å². The predicted octanol–water partition coefficient (Wildman–Crippen LogP) is 3.49. The standard InChI is InChI=1S/C21H19ClN2O6S/c22-15-9-19(30-18-6-5-17(18)25)16(7-13(15)10-23)24-31(28,29)20-8-12(21(26)27)3-4-14(20)11-1-2-11/h3-4,7-9,11,17-18,24-25H,1-2,5-6H2,(H,26,27). The Kier molecular flexibility index (Phi) is 5.56. The van der Waals surface area contributed by atoms with Crippen LogP contribution < -0.4 is 9.46 Å². The Bertz CT molecular complexity index is 1200. The maximum Gasteiger partial charge on any atom is 0.335 e. The van der Waals surface area contributed by atoms with Crippen LogP contribution >= 0.6 is 11.6 Å². The van der Waals surface area contributed by atoms with Crippen LogP contribution in [0.15, 0.2) is 35.2 Å². The molecule has 2 aromatic rings. The number of benzene rings is 2. The molecule has 0 spiro atoms. The predicted molar refractivity (Wildman–Crippen MR) is 112 cm³/mol. The fourth-order valence-electron chi connectivity index (χ4n) is 3.40. The molecule has 2 aromatic carbocycles. The van der Waals surface area contributed by atoms with Crippen LogP contribution in [-0.4, -0.2) is 36.8 Å². The van der Waals surface area contributed by atoms with Gasteiger partial charge in [-0.05, 0) is 55.4 Å². The second-order valence-corrected chi connectivity index (χ2v) is 9.74. The van der Waals surface area contributed by atoms with E-state index in [1.165, 1.54) is 24.3 Å². The molecule has 3 N–H and O–H groups in total. The molecule has 0 heterocycles. The molecule has 2 fully saturated rings. The van der Waals surface area contributed by atoms with Crippen molar-refractivity contribution in [3.8, 4) is 11.8 Å². The smallest absolute Gasteiger partial charge is 0.335 e. The molecule has 162 valence electrons. The summed E-state index contributed by atoms with van der Waals surface area (Å²) in [6.45, 7) is 0. The fourth-order valence-corrected chi connectivity index (χ4v) is 4.98. The molecular weight excluding hydrogens is 444 g/mol. The number of ether oxygens (including phenoxy) is 1. The van der Waals surface area contributed by atoms with Crippen LogP contribution in [0.5, 0.6) is 5.75 Å². The van der Waals surface area contributed by atoms with Gasteiger partial charge in [-0.25, -0.2) is 13.2 Å². The topological polar surface area (TPSA) is 137 Å². The van der Waals surface area contributed by atoms with Gasteiger partial charge in [0.2, 0.25) is 0 Å². The number of halogens is 1. The van der Waals surface area contributed by atoms with E-state index in [4.69, 9.17) is 16.3 Å². The molecule has 2 saturated carbocycles. The Morgan fingerprint density at radius 2 is 1.94 bits per heavy atom. The number of aliphatic hydroxyl groups excluding tert-OH is 1. The van der Waals surface area contributed by atoms with Crippen molar-refractivity contribution >= 4 is 33.3 Å². The van der Waals surface area contributed by atoms with Gasteiger partial charge in [0.25, 0.3) is 10.0 Å². The average molecular weight is 463 g/mol. The molecule has 2 atom stereocenters. The van der Waals surface area contributed by atoms with E-state index in [1.807, 2.05) is 6.07 Å². The first-order valence-electron chi connectivity index (χ1n) is 9.68. The highest BCUT2D eigenvalue weighted by molar-refractivity contribution is 7.92. The van der Waals surface area contributed by atoms with E-state index in [-0.39, 0.29) is 38.4 Å². The molecule has 0 aliphatic heterocycles. The van der Waals surface area contributed by atoms with Gasteiger partial charge in [0.05, 0.1) is 32.8 Å². The molecule has 0 bridgehead atoms. The van der Waals surface area contributed by atoms with Crippen LogP contribution in [0.3, 0.4) is 0 Å². The van der Waals surface area contributed by atoms with Crippen LogP contribution in [0, 0.1) is 11.3 Å². The van der Waals surface area contributed by atoms with Crippen LogP contribution in [0.1, 0.15) is 53.1 Å². The molecule has 10 heteroatoms. The monoisotopic (exact) mass is 462 g/mol. The van der Waals surface area contributed by atoms with E-state index in [0.29, 0.717) is 18.4 Å². The molecule has 0 saturated heterocycles. The Morgan fingerprint density at radius 1 is 1.19 bits per heavy atom. The lowest BCUT2D eigenvalue weighted by molar-refractivity contribution is -0.0357. The highest BCUT2D eigenvalue weighted by atomic mass is 35.5. The molecule has 2 aliphatic rings. The van der Waals surface area contributed by atoms with Gasteiger partial charge in [-0.2, -0.15) is 5.26 Å². The minimum absolute atomic E-state index is 0.0116. The first-order chi connectivity index (χ1) is 14.7. The van der Waals surface area contributed by atoms with Crippen LogP contribution in [-0.2, 0) is 10.0 Å². The minimum atomic E-state index is -4.21. The third-order valence-corrected chi connectivity index (χ3v) is 7.19. The van der Waals surface area contributed by atoms with Crippen molar-refractivity contribution in [1.82, 2.24) is 0 Å². The molecule has 0 radical (unpaired) electrons. The lowest BCUT2D eigenvalue weighted by atomic mass is 9.92. The molecule has 31 heavy (non-hydrogen) atoms. The lowest BCUT2D eigenvalue weighted by Gasteiger charge is -2.33. The number of aromatic carboxylic acids is 1. The van der Waals surface area contributed by atoms with E-state index >= 15 is 0 Å². The number of hydrogen-bond acceptors (Lipinski definition) is 6. The lowest BCUT2D eigenvalue weighted by Crippen LogP contribution is -2.41. The van der Waals surface area contributed by atoms with Crippen molar-refractivity contribution in [2.24, 2.45) is 0 Å². The van der Waals surface area contributed by atoms with E-state index in [0.717, 1.165) is 18.9 Å². The van der Waals surface area contributed by atoms with Gasteiger partial charge in [0, 0.05) is 6.07 Å². The van der Waals surface area contributed by atoms with Crippen molar-refractivity contribution in [3.05, 3.63) is 52.0 Å². The SMILES string of the molecule is N#Cc1cc(NS(=O)(=O)c2cc(C(=O)O)ccc2C2CC2)c(OC2CCC2O)cc1Cl. The summed E-state index contributed by atoms with van der Waals surface area (Å²) in [4.78, 5) is 11.3. The number of sulfonamides is 1. The number of anilines is 1. The van der Waals surface area contributed by atoms with Crippen LogP contribution in [0.25, 0.3) is 0 Å². The molecule has 2 unspecified atom stereocenters. The van der Waals surface area contributed by atoms with Gasteiger partial charge in [-0.1, -0.05) is 17.7 Å². The second-order valence-electron chi connectivity index (χ2n) is 7.68. The summed E-state index contributed by atoms with van der Waals surface area (Å²) in [6.07, 6.45) is 1.63. The number of carboxylic acids is 1. The summed E-state index contributed by atoms with van der Waals surface area (Å²) in [5.74, 6) is -1.10. The number of nitrogens with one attached hydrogen (secondary N) is 1. The van der Waals surface area contributed by atoms with Gasteiger partial charge in [0.15, 0.2) is 0 Å².